The molecule has 0 atom stereocenters. The summed E-state index contributed by atoms with van der Waals surface area (Å²) in [5.41, 5.74) is 4.12. The molecule has 8 nitrogen and oxygen atoms in total. The van der Waals surface area contributed by atoms with Crippen LogP contribution in [-0.2, 0) is 13.0 Å². The van der Waals surface area contributed by atoms with Crippen molar-refractivity contribution in [2.24, 2.45) is 0 Å². The van der Waals surface area contributed by atoms with E-state index in [2.05, 4.69) is 17.0 Å². The zero-order valence-electron chi connectivity index (χ0n) is 22.3. The smallest absolute Gasteiger partial charge is 0.232 e. The highest BCUT2D eigenvalue weighted by Crippen LogP contribution is 2.45. The van der Waals surface area contributed by atoms with Crippen LogP contribution in [0.1, 0.15) is 32.6 Å². The van der Waals surface area contributed by atoms with Crippen molar-refractivity contribution < 1.29 is 33.2 Å². The van der Waals surface area contributed by atoms with E-state index in [1.54, 1.807) is 46.6 Å². The molecule has 0 amide bonds. The number of methoxy groups -OCH3 is 4. The monoisotopic (exact) mass is 517 g/mol. The highest BCUT2D eigenvalue weighted by Gasteiger charge is 2.35. The number of aryl methyl sites for hydroxylation is 1. The van der Waals surface area contributed by atoms with Crippen LogP contribution in [0.15, 0.2) is 48.2 Å². The summed E-state index contributed by atoms with van der Waals surface area (Å²) in [5, 5.41) is 0. The van der Waals surface area contributed by atoms with Crippen LogP contribution in [0.2, 0.25) is 0 Å². The number of benzene rings is 3. The van der Waals surface area contributed by atoms with E-state index in [1.807, 2.05) is 25.1 Å². The second-order valence-electron chi connectivity index (χ2n) is 9.19. The van der Waals surface area contributed by atoms with Crippen LogP contribution in [0, 0.1) is 6.92 Å². The first-order valence-electron chi connectivity index (χ1n) is 12.3. The first kappa shape index (κ1) is 25.5. The summed E-state index contributed by atoms with van der Waals surface area (Å²) in [6.07, 6.45) is 2.54. The first-order chi connectivity index (χ1) is 18.4. The molecule has 0 radical (unpaired) electrons. The number of allylic oxidation sites excluding steroid dienone is 1. The predicted molar refractivity (Wildman–Crippen MR) is 143 cm³/mol. The van der Waals surface area contributed by atoms with E-state index in [9.17, 15) is 4.79 Å². The van der Waals surface area contributed by atoms with Gasteiger partial charge in [0.25, 0.3) is 0 Å². The maximum Gasteiger partial charge on any atom is 0.232 e. The fourth-order valence-corrected chi connectivity index (χ4v) is 4.81. The van der Waals surface area contributed by atoms with Gasteiger partial charge in [0.15, 0.2) is 17.3 Å². The molecular formula is C30H31NO7. The highest BCUT2D eigenvalue weighted by atomic mass is 16.5. The molecule has 0 bridgehead atoms. The minimum atomic E-state index is -0.174. The number of carbonyl (C=O) groups is 1. The van der Waals surface area contributed by atoms with E-state index < -0.39 is 0 Å². The number of ether oxygens (including phenoxy) is 6. The van der Waals surface area contributed by atoms with E-state index >= 15 is 0 Å². The standard InChI is InChI=1S/C30H31NO7/c1-18-12-24-22(16-31(17-37-24)11-10-19-6-8-21(33-2)9-7-19)30-28(18)29(32)27(38-30)14-20-13-25(35-4)26(36-5)15-23(20)34-3/h6-9,12-15H,10-11,16-17H2,1-5H3/b27-14+. The van der Waals surface area contributed by atoms with Gasteiger partial charge in [-0.25, -0.2) is 0 Å². The van der Waals surface area contributed by atoms with E-state index in [0.717, 1.165) is 35.6 Å². The van der Waals surface area contributed by atoms with Gasteiger partial charge >= 0.3 is 0 Å². The molecule has 198 valence electrons. The topological polar surface area (TPSA) is 75.7 Å². The van der Waals surface area contributed by atoms with Crippen molar-refractivity contribution in [3.8, 4) is 34.5 Å². The maximum atomic E-state index is 13.5. The molecule has 2 aliphatic rings. The Morgan fingerprint density at radius 2 is 1.63 bits per heavy atom. The number of ketones is 1. The van der Waals surface area contributed by atoms with Crippen LogP contribution in [0.3, 0.4) is 0 Å². The lowest BCUT2D eigenvalue weighted by molar-refractivity contribution is 0.0949. The van der Waals surface area contributed by atoms with Crippen molar-refractivity contribution >= 4 is 11.9 Å². The Morgan fingerprint density at radius 3 is 2.32 bits per heavy atom. The molecule has 2 aliphatic heterocycles. The highest BCUT2D eigenvalue weighted by molar-refractivity contribution is 6.16. The summed E-state index contributed by atoms with van der Waals surface area (Å²) < 4.78 is 33.9. The van der Waals surface area contributed by atoms with Gasteiger partial charge in [-0.2, -0.15) is 0 Å². The number of hydrogen-bond acceptors (Lipinski definition) is 8. The van der Waals surface area contributed by atoms with E-state index in [1.165, 1.54) is 5.56 Å². The zero-order valence-corrected chi connectivity index (χ0v) is 22.3. The lowest BCUT2D eigenvalue weighted by atomic mass is 9.98. The van der Waals surface area contributed by atoms with Crippen LogP contribution in [0.5, 0.6) is 34.5 Å². The molecular weight excluding hydrogens is 486 g/mol. The van der Waals surface area contributed by atoms with Gasteiger partial charge in [-0.15, -0.1) is 0 Å². The van der Waals surface area contributed by atoms with Gasteiger partial charge in [0.05, 0.1) is 39.6 Å². The molecule has 0 spiro atoms. The molecule has 0 saturated carbocycles. The lowest BCUT2D eigenvalue weighted by Gasteiger charge is -2.30. The SMILES string of the molecule is COc1ccc(CCN2COc3cc(C)c4c(c3C2)O/C(=C/c2cc(OC)c(OC)cc2OC)C4=O)cc1. The summed E-state index contributed by atoms with van der Waals surface area (Å²) >= 11 is 0. The van der Waals surface area contributed by atoms with E-state index in [4.69, 9.17) is 28.4 Å². The van der Waals surface area contributed by atoms with Crippen molar-refractivity contribution in [3.05, 3.63) is 76.0 Å². The number of hydrogen-bond donors (Lipinski definition) is 0. The van der Waals surface area contributed by atoms with Crippen LogP contribution in [0.25, 0.3) is 6.08 Å². The molecule has 8 heteroatoms. The number of Topliss-reactive ketones (excluding diaryl/α,β-unsaturated/α-hetero) is 1. The summed E-state index contributed by atoms with van der Waals surface area (Å²) in [4.78, 5) is 15.7. The third-order valence-corrected chi connectivity index (χ3v) is 6.89. The van der Waals surface area contributed by atoms with Crippen LogP contribution in [-0.4, -0.2) is 52.4 Å². The molecule has 5 rings (SSSR count). The molecule has 0 unspecified atom stereocenters. The van der Waals surface area contributed by atoms with Gasteiger partial charge in [0, 0.05) is 24.7 Å². The molecule has 3 aromatic rings. The summed E-state index contributed by atoms with van der Waals surface area (Å²) in [6.45, 7) is 3.79. The van der Waals surface area contributed by atoms with Gasteiger partial charge in [-0.1, -0.05) is 12.1 Å². The maximum absolute atomic E-state index is 13.5. The largest absolute Gasteiger partial charge is 0.497 e. The fourth-order valence-electron chi connectivity index (χ4n) is 4.81. The van der Waals surface area contributed by atoms with Crippen molar-refractivity contribution in [3.63, 3.8) is 0 Å². The van der Waals surface area contributed by atoms with Crippen LogP contribution in [0.4, 0.5) is 0 Å². The number of carbonyl (C=O) groups excluding carboxylic acids is 1. The van der Waals surface area contributed by atoms with Gasteiger partial charge in [-0.05, 0) is 54.8 Å². The van der Waals surface area contributed by atoms with E-state index in [0.29, 0.717) is 47.4 Å². The molecule has 2 heterocycles. The van der Waals surface area contributed by atoms with E-state index in [-0.39, 0.29) is 11.5 Å². The molecule has 0 saturated heterocycles. The van der Waals surface area contributed by atoms with Gasteiger partial charge in [0.1, 0.15) is 29.7 Å². The van der Waals surface area contributed by atoms with Crippen molar-refractivity contribution in [1.29, 1.82) is 0 Å². The minimum Gasteiger partial charge on any atom is -0.497 e. The Morgan fingerprint density at radius 1 is 0.921 bits per heavy atom. The van der Waals surface area contributed by atoms with Crippen molar-refractivity contribution in [2.45, 2.75) is 19.9 Å². The lowest BCUT2D eigenvalue weighted by Crippen LogP contribution is -2.33. The Bertz CT molecular complexity index is 1390. The fraction of sp³-hybridized carbons (Fsp3) is 0.300. The summed E-state index contributed by atoms with van der Waals surface area (Å²) in [7, 11) is 6.34. The predicted octanol–water partition coefficient (Wildman–Crippen LogP) is 5.04. The van der Waals surface area contributed by atoms with Crippen LogP contribution >= 0.6 is 0 Å². The molecule has 38 heavy (non-hydrogen) atoms. The Hall–Kier alpha value is -4.17. The van der Waals surface area contributed by atoms with Gasteiger partial charge in [-0.3, -0.25) is 9.69 Å². The third-order valence-electron chi connectivity index (χ3n) is 6.89. The second kappa shape index (κ2) is 10.7. The second-order valence-corrected chi connectivity index (χ2v) is 9.19. The Kier molecular flexibility index (Phi) is 7.15. The average molecular weight is 518 g/mol. The molecule has 3 aromatic carbocycles. The summed E-state index contributed by atoms with van der Waals surface area (Å²) in [5.74, 6) is 3.79. The van der Waals surface area contributed by atoms with Crippen molar-refractivity contribution in [2.75, 3.05) is 41.7 Å². The normalized spacial score (nSPS) is 15.4. The number of rotatable bonds is 8. The zero-order chi connectivity index (χ0) is 26.8. The number of fused-ring (bicyclic) bond motifs is 3. The molecule has 0 N–H and O–H groups in total. The molecule has 0 fully saturated rings. The quantitative estimate of drug-likeness (QED) is 0.385. The third kappa shape index (κ3) is 4.75. The van der Waals surface area contributed by atoms with Gasteiger partial charge in [0.2, 0.25) is 5.78 Å². The first-order valence-corrected chi connectivity index (χ1v) is 12.3. The summed E-state index contributed by atoms with van der Waals surface area (Å²) in [6, 6.07) is 13.5. The Balaban J connectivity index is 1.41. The molecule has 0 aliphatic carbocycles. The number of nitrogens with zero attached hydrogens (tertiary/aromatic N) is 1. The van der Waals surface area contributed by atoms with Gasteiger partial charge < -0.3 is 28.4 Å². The van der Waals surface area contributed by atoms with Crippen LogP contribution < -0.4 is 28.4 Å². The molecule has 0 aromatic heterocycles. The average Bonchev–Trinajstić information content (AvgIpc) is 3.28. The van der Waals surface area contributed by atoms with Crippen molar-refractivity contribution in [1.82, 2.24) is 4.90 Å². The Labute approximate surface area is 222 Å². The minimum absolute atomic E-state index is 0.174.